The van der Waals surface area contributed by atoms with Crippen molar-refractivity contribution in [3.63, 3.8) is 0 Å². The smallest absolute Gasteiger partial charge is 0.250 e. The molecule has 0 saturated heterocycles. The fourth-order valence-corrected chi connectivity index (χ4v) is 3.20. The topological polar surface area (TPSA) is 64.7 Å². The minimum absolute atomic E-state index is 0.255. The van der Waals surface area contributed by atoms with Crippen molar-refractivity contribution in [2.24, 2.45) is 0 Å². The molecule has 1 amide bonds. The minimum Gasteiger partial charge on any atom is -0.306 e. The number of rotatable bonds is 5. The maximum Gasteiger partial charge on any atom is 0.250 e. The summed E-state index contributed by atoms with van der Waals surface area (Å²) in [5, 5.41) is 11.7. The lowest BCUT2D eigenvalue weighted by atomic mass is 10.2. The van der Waals surface area contributed by atoms with Gasteiger partial charge in [-0.25, -0.2) is 4.39 Å². The van der Waals surface area contributed by atoms with Crippen LogP contribution in [0.15, 0.2) is 34.9 Å². The summed E-state index contributed by atoms with van der Waals surface area (Å²) in [4.78, 5) is 12.6. The number of amides is 1. The van der Waals surface area contributed by atoms with E-state index in [0.717, 1.165) is 21.4 Å². The summed E-state index contributed by atoms with van der Waals surface area (Å²) < 4.78 is 17.4. The normalized spacial score (nSPS) is 12.2. The lowest BCUT2D eigenvalue weighted by molar-refractivity contribution is -0.119. The second kappa shape index (κ2) is 7.82. The van der Waals surface area contributed by atoms with Crippen molar-refractivity contribution in [3.05, 3.63) is 62.7 Å². The Hall–Kier alpha value is -2.19. The number of anilines is 1. The Morgan fingerprint density at radius 1 is 1.37 bits per heavy atom. The Morgan fingerprint density at radius 3 is 2.74 bits per heavy atom. The van der Waals surface area contributed by atoms with Crippen molar-refractivity contribution >= 4 is 39.3 Å². The Kier molecular flexibility index (Phi) is 5.67. The molecule has 0 aliphatic rings. The average Bonchev–Trinajstić information content (AvgIpc) is 3.08. The molecule has 1 atom stereocenters. The van der Waals surface area contributed by atoms with Gasteiger partial charge in [0.05, 0.1) is 22.4 Å². The van der Waals surface area contributed by atoms with Gasteiger partial charge in [-0.1, -0.05) is 23.7 Å². The molecule has 9 heteroatoms. The van der Waals surface area contributed by atoms with E-state index in [-0.39, 0.29) is 17.5 Å². The van der Waals surface area contributed by atoms with E-state index < -0.39 is 6.04 Å². The number of carbonyl (C=O) groups excluding carboxylic acids is 1. The van der Waals surface area contributed by atoms with Crippen molar-refractivity contribution in [2.75, 3.05) is 5.32 Å². The van der Waals surface area contributed by atoms with Crippen molar-refractivity contribution in [1.29, 1.82) is 0 Å². The molecule has 2 aromatic heterocycles. The van der Waals surface area contributed by atoms with Gasteiger partial charge in [-0.05, 0) is 54.4 Å². The summed E-state index contributed by atoms with van der Waals surface area (Å²) >= 11 is 9.65. The molecule has 3 rings (SSSR count). The molecule has 1 aromatic carbocycles. The highest BCUT2D eigenvalue weighted by Crippen LogP contribution is 2.25. The Bertz CT molecular complexity index is 1000. The number of hydrogen-bond acceptors (Lipinski definition) is 3. The van der Waals surface area contributed by atoms with E-state index >= 15 is 0 Å². The van der Waals surface area contributed by atoms with Gasteiger partial charge in [-0.15, -0.1) is 0 Å². The molecule has 0 saturated carbocycles. The predicted molar refractivity (Wildman–Crippen MR) is 105 cm³/mol. The molecule has 0 bridgehead atoms. The van der Waals surface area contributed by atoms with Crippen LogP contribution in [0.1, 0.15) is 29.9 Å². The lowest BCUT2D eigenvalue weighted by Crippen LogP contribution is -2.25. The van der Waals surface area contributed by atoms with Crippen LogP contribution in [0.2, 0.25) is 5.02 Å². The van der Waals surface area contributed by atoms with Crippen molar-refractivity contribution < 1.29 is 9.18 Å². The summed E-state index contributed by atoms with van der Waals surface area (Å²) in [6.45, 7) is 5.84. The quantitative estimate of drug-likeness (QED) is 0.617. The largest absolute Gasteiger partial charge is 0.306 e. The molecule has 0 radical (unpaired) electrons. The molecule has 0 fully saturated rings. The molecule has 27 heavy (non-hydrogen) atoms. The highest BCUT2D eigenvalue weighted by atomic mass is 79.9. The number of aromatic nitrogens is 4. The summed E-state index contributed by atoms with van der Waals surface area (Å²) in [7, 11) is 0. The Morgan fingerprint density at radius 2 is 2.11 bits per heavy atom. The van der Waals surface area contributed by atoms with E-state index in [0.29, 0.717) is 11.6 Å². The standard InChI is InChI=1S/C18H18BrClFN5O/c1-10-16(19)11(2)26(23-10)12(3)18(27)22-17-15(20)9-25(24-17)8-13-5-4-6-14(21)7-13/h4-7,9,12H,8H2,1-3H3,(H,22,24,27). The minimum atomic E-state index is -0.542. The number of nitrogens with zero attached hydrogens (tertiary/aromatic N) is 4. The van der Waals surface area contributed by atoms with Gasteiger partial charge >= 0.3 is 0 Å². The molecule has 1 N–H and O–H groups in total. The molecule has 0 spiro atoms. The highest BCUT2D eigenvalue weighted by molar-refractivity contribution is 9.10. The SMILES string of the molecule is Cc1nn(C(C)C(=O)Nc2nn(Cc3cccc(F)c3)cc2Cl)c(C)c1Br. The van der Waals surface area contributed by atoms with Gasteiger partial charge in [0.25, 0.3) is 0 Å². The fourth-order valence-electron chi connectivity index (χ4n) is 2.74. The van der Waals surface area contributed by atoms with Crippen LogP contribution in [0.4, 0.5) is 10.2 Å². The van der Waals surface area contributed by atoms with Crippen molar-refractivity contribution in [1.82, 2.24) is 19.6 Å². The molecule has 6 nitrogen and oxygen atoms in total. The number of halogens is 3. The van der Waals surface area contributed by atoms with Gasteiger partial charge in [0, 0.05) is 6.20 Å². The number of benzene rings is 1. The average molecular weight is 455 g/mol. The number of carbonyl (C=O) groups is 1. The third-order valence-corrected chi connectivity index (χ3v) is 5.60. The van der Waals surface area contributed by atoms with Crippen LogP contribution < -0.4 is 5.32 Å². The summed E-state index contributed by atoms with van der Waals surface area (Å²) in [6, 6.07) is 5.69. The first-order valence-electron chi connectivity index (χ1n) is 8.25. The van der Waals surface area contributed by atoms with Crippen molar-refractivity contribution in [3.8, 4) is 0 Å². The third kappa shape index (κ3) is 4.22. The number of hydrogen-bond donors (Lipinski definition) is 1. The van der Waals surface area contributed by atoms with Crippen LogP contribution in [-0.4, -0.2) is 25.5 Å². The first-order valence-corrected chi connectivity index (χ1v) is 9.43. The Balaban J connectivity index is 1.74. The maximum absolute atomic E-state index is 13.3. The monoisotopic (exact) mass is 453 g/mol. The van der Waals surface area contributed by atoms with Crippen LogP contribution in [0.25, 0.3) is 0 Å². The van der Waals surface area contributed by atoms with Gasteiger partial charge in [0.15, 0.2) is 5.82 Å². The third-order valence-electron chi connectivity index (χ3n) is 4.18. The second-order valence-electron chi connectivity index (χ2n) is 6.25. The van der Waals surface area contributed by atoms with E-state index in [1.54, 1.807) is 34.6 Å². The van der Waals surface area contributed by atoms with E-state index in [9.17, 15) is 9.18 Å². The van der Waals surface area contributed by atoms with Crippen molar-refractivity contribution in [2.45, 2.75) is 33.4 Å². The first-order chi connectivity index (χ1) is 12.8. The Labute approximate surface area is 169 Å². The maximum atomic E-state index is 13.3. The number of aryl methyl sites for hydroxylation is 1. The molecule has 1 unspecified atom stereocenters. The predicted octanol–water partition coefficient (Wildman–Crippen LogP) is 4.50. The molecule has 142 valence electrons. The second-order valence-corrected chi connectivity index (χ2v) is 7.45. The zero-order valence-corrected chi connectivity index (χ0v) is 17.3. The van der Waals surface area contributed by atoms with Crippen LogP contribution >= 0.6 is 27.5 Å². The molecular formula is C18H18BrClFN5O. The van der Waals surface area contributed by atoms with Crippen LogP contribution in [0, 0.1) is 19.7 Å². The lowest BCUT2D eigenvalue weighted by Gasteiger charge is -2.13. The summed E-state index contributed by atoms with van der Waals surface area (Å²) in [6.07, 6.45) is 1.59. The van der Waals surface area contributed by atoms with E-state index in [4.69, 9.17) is 11.6 Å². The fraction of sp³-hybridized carbons (Fsp3) is 0.278. The zero-order chi connectivity index (χ0) is 19.7. The number of nitrogens with one attached hydrogen (secondary N) is 1. The van der Waals surface area contributed by atoms with Gasteiger partial charge in [-0.2, -0.15) is 10.2 Å². The van der Waals surface area contributed by atoms with Gasteiger partial charge in [0.2, 0.25) is 5.91 Å². The molecule has 2 heterocycles. The van der Waals surface area contributed by atoms with Crippen LogP contribution in [0.3, 0.4) is 0 Å². The molecule has 0 aliphatic heterocycles. The van der Waals surface area contributed by atoms with Gasteiger partial charge in [-0.3, -0.25) is 14.2 Å². The van der Waals surface area contributed by atoms with E-state index in [2.05, 4.69) is 31.4 Å². The molecule has 0 aliphatic carbocycles. The van der Waals surface area contributed by atoms with E-state index in [1.165, 1.54) is 12.1 Å². The molecule has 3 aromatic rings. The van der Waals surface area contributed by atoms with Crippen LogP contribution in [0.5, 0.6) is 0 Å². The van der Waals surface area contributed by atoms with Gasteiger partial charge < -0.3 is 5.32 Å². The first kappa shape index (κ1) is 19.6. The van der Waals surface area contributed by atoms with Gasteiger partial charge in [0.1, 0.15) is 16.9 Å². The summed E-state index contributed by atoms with van der Waals surface area (Å²) in [5.41, 5.74) is 2.41. The highest BCUT2D eigenvalue weighted by Gasteiger charge is 2.22. The van der Waals surface area contributed by atoms with Crippen LogP contribution in [-0.2, 0) is 11.3 Å². The molecular weight excluding hydrogens is 437 g/mol. The summed E-state index contributed by atoms with van der Waals surface area (Å²) in [5.74, 6) is -0.347. The van der Waals surface area contributed by atoms with E-state index in [1.807, 2.05) is 13.8 Å². The zero-order valence-electron chi connectivity index (χ0n) is 15.0.